The molecule has 0 aromatic carbocycles. The van der Waals surface area contributed by atoms with Gasteiger partial charge in [-0.3, -0.25) is 0 Å². The van der Waals surface area contributed by atoms with E-state index in [1.165, 1.54) is 0 Å². The normalized spacial score (nSPS) is 4.94. The van der Waals surface area contributed by atoms with Crippen LogP contribution in [0.4, 0.5) is 0 Å². The highest BCUT2D eigenvalue weighted by molar-refractivity contribution is 5.09. The molecule has 0 aliphatic carbocycles. The summed E-state index contributed by atoms with van der Waals surface area (Å²) in [6, 6.07) is 0. The monoisotopic (exact) mass is 256 g/mol. The second kappa shape index (κ2) is 101. The van der Waals surface area contributed by atoms with Gasteiger partial charge in [-0.25, -0.2) is 0 Å². The van der Waals surface area contributed by atoms with Gasteiger partial charge >= 0.3 is 0 Å². The van der Waals surface area contributed by atoms with E-state index in [2.05, 4.69) is 33.2 Å². The molecule has 0 heterocycles. The summed E-state index contributed by atoms with van der Waals surface area (Å²) in [7, 11) is 0. The maximum atomic E-state index is 3.67. The van der Waals surface area contributed by atoms with E-state index in [1.807, 2.05) is 55.4 Å². The molecule has 0 rings (SSSR count). The average Bonchev–Trinajstić information content (AvgIpc) is 2.54. The Morgan fingerprint density at radius 3 is 0.944 bits per heavy atom. The van der Waals surface area contributed by atoms with E-state index in [0.29, 0.717) is 0 Å². The Morgan fingerprint density at radius 2 is 0.944 bits per heavy atom. The summed E-state index contributed by atoms with van der Waals surface area (Å²) < 4.78 is 0. The molecule has 0 unspecified atom stereocenters. The molecule has 0 aromatic heterocycles. The molecule has 18 heavy (non-hydrogen) atoms. The standard InChI is InChI=1S/C6H10.C4H6.4C2H6/c1-4-6(3)5-2;1-3-4-2;4*1-2/h4H,1,3,5H2,2H3;3-4H,1-2H2;4*1-2H3. The van der Waals surface area contributed by atoms with Crippen LogP contribution in [0.5, 0.6) is 0 Å². The molecule has 112 valence electrons. The third-order valence-corrected chi connectivity index (χ3v) is 0.909. The maximum absolute atomic E-state index is 3.67. The zero-order valence-corrected chi connectivity index (χ0v) is 14.8. The first-order valence-corrected chi connectivity index (χ1v) is 7.26. The molecule has 0 fully saturated rings. The van der Waals surface area contributed by atoms with Crippen LogP contribution in [0.3, 0.4) is 0 Å². The molecular formula is C18H40. The molecule has 0 N–H and O–H groups in total. The summed E-state index contributed by atoms with van der Waals surface area (Å²) in [6.07, 6.45) is 6.07. The Hall–Kier alpha value is -1.04. The van der Waals surface area contributed by atoms with Crippen molar-refractivity contribution >= 4 is 0 Å². The molecule has 0 aliphatic rings. The van der Waals surface area contributed by atoms with Crippen molar-refractivity contribution in [1.29, 1.82) is 0 Å². The summed E-state index contributed by atoms with van der Waals surface area (Å²) in [5.74, 6) is 0. The van der Waals surface area contributed by atoms with Crippen molar-refractivity contribution in [3.05, 3.63) is 50.1 Å². The lowest BCUT2D eigenvalue weighted by atomic mass is 10.2. The first kappa shape index (κ1) is 36.0. The van der Waals surface area contributed by atoms with Gasteiger partial charge in [0, 0.05) is 0 Å². The summed E-state index contributed by atoms with van der Waals surface area (Å²) >= 11 is 0. The van der Waals surface area contributed by atoms with Crippen molar-refractivity contribution in [3.63, 3.8) is 0 Å². The summed E-state index contributed by atoms with van der Waals surface area (Å²) in [6.45, 7) is 32.0. The van der Waals surface area contributed by atoms with Crippen molar-refractivity contribution in [2.45, 2.75) is 68.7 Å². The summed E-state index contributed by atoms with van der Waals surface area (Å²) in [5.41, 5.74) is 1.11. The van der Waals surface area contributed by atoms with Gasteiger partial charge in [-0.15, -0.1) is 0 Å². The lowest BCUT2D eigenvalue weighted by molar-refractivity contribution is 1.16. The number of hydrogen-bond acceptors (Lipinski definition) is 0. The molecule has 0 atom stereocenters. The predicted molar refractivity (Wildman–Crippen MR) is 95.4 cm³/mol. The van der Waals surface area contributed by atoms with Crippen molar-refractivity contribution in [2.75, 3.05) is 0 Å². The van der Waals surface area contributed by atoms with Crippen molar-refractivity contribution in [2.24, 2.45) is 0 Å². The molecule has 0 nitrogen and oxygen atoms in total. The van der Waals surface area contributed by atoms with E-state index in [-0.39, 0.29) is 0 Å². The maximum Gasteiger partial charge on any atom is -0.0314 e. The molecule has 0 amide bonds. The zero-order chi connectivity index (χ0) is 16.4. The van der Waals surface area contributed by atoms with Crippen molar-refractivity contribution in [3.8, 4) is 0 Å². The van der Waals surface area contributed by atoms with E-state index in [1.54, 1.807) is 18.2 Å². The molecule has 0 spiro atoms. The minimum absolute atomic E-state index is 1.02. The third-order valence-electron chi connectivity index (χ3n) is 0.909. The lowest BCUT2D eigenvalue weighted by Crippen LogP contribution is -1.62. The molecule has 0 saturated carbocycles. The van der Waals surface area contributed by atoms with Gasteiger partial charge in [0.2, 0.25) is 0 Å². The molecule has 0 bridgehead atoms. The fraction of sp³-hybridized carbons (Fsp3) is 0.556. The molecule has 0 aromatic rings. The largest absolute Gasteiger partial charge is 0.0991 e. The van der Waals surface area contributed by atoms with E-state index in [4.69, 9.17) is 0 Å². The molecule has 0 saturated heterocycles. The van der Waals surface area contributed by atoms with Crippen LogP contribution in [0.25, 0.3) is 0 Å². The Bertz CT molecular complexity index is 112. The van der Waals surface area contributed by atoms with Crippen LogP contribution in [-0.2, 0) is 0 Å². The minimum Gasteiger partial charge on any atom is -0.0991 e. The van der Waals surface area contributed by atoms with Crippen LogP contribution in [0.2, 0.25) is 0 Å². The molecule has 0 heteroatoms. The summed E-state index contributed by atoms with van der Waals surface area (Å²) in [5, 5.41) is 0. The van der Waals surface area contributed by atoms with E-state index in [9.17, 15) is 0 Å². The highest BCUT2D eigenvalue weighted by atomic mass is 13.8. The number of allylic oxidation sites excluding steroid dienone is 4. The molecule has 0 radical (unpaired) electrons. The zero-order valence-electron chi connectivity index (χ0n) is 14.8. The van der Waals surface area contributed by atoms with E-state index < -0.39 is 0 Å². The third kappa shape index (κ3) is 186. The van der Waals surface area contributed by atoms with Crippen LogP contribution < -0.4 is 0 Å². The van der Waals surface area contributed by atoms with Gasteiger partial charge in [0.25, 0.3) is 0 Å². The average molecular weight is 257 g/mol. The summed E-state index contributed by atoms with van der Waals surface area (Å²) in [4.78, 5) is 0. The van der Waals surface area contributed by atoms with Gasteiger partial charge in [0.05, 0.1) is 0 Å². The Labute approximate surface area is 119 Å². The molecular weight excluding hydrogens is 216 g/mol. The van der Waals surface area contributed by atoms with E-state index >= 15 is 0 Å². The number of hydrogen-bond donors (Lipinski definition) is 0. The quantitative estimate of drug-likeness (QED) is 0.456. The van der Waals surface area contributed by atoms with Gasteiger partial charge in [-0.2, -0.15) is 0 Å². The number of rotatable bonds is 3. The van der Waals surface area contributed by atoms with Crippen molar-refractivity contribution in [1.82, 2.24) is 0 Å². The van der Waals surface area contributed by atoms with Crippen molar-refractivity contribution < 1.29 is 0 Å². The van der Waals surface area contributed by atoms with Crippen LogP contribution in [-0.4, -0.2) is 0 Å². The van der Waals surface area contributed by atoms with E-state index in [0.717, 1.165) is 12.0 Å². The highest BCUT2D eigenvalue weighted by Crippen LogP contribution is 1.93. The van der Waals surface area contributed by atoms with Gasteiger partial charge in [0.1, 0.15) is 0 Å². The Morgan fingerprint density at radius 1 is 0.722 bits per heavy atom. The highest BCUT2D eigenvalue weighted by Gasteiger charge is 1.72. The fourth-order valence-corrected chi connectivity index (χ4v) is 0.144. The first-order chi connectivity index (χ1) is 8.72. The van der Waals surface area contributed by atoms with Crippen LogP contribution in [0, 0.1) is 0 Å². The van der Waals surface area contributed by atoms with Gasteiger partial charge in [-0.1, -0.05) is 112 Å². The van der Waals surface area contributed by atoms with Crippen LogP contribution in [0.1, 0.15) is 68.7 Å². The SMILES string of the molecule is C=CC(=C)CC.C=CC=C.CC.CC.CC.CC. The minimum atomic E-state index is 1.02. The Kier molecular flexibility index (Phi) is 201. The smallest absolute Gasteiger partial charge is 0.0314 e. The van der Waals surface area contributed by atoms with Crippen LogP contribution in [0.15, 0.2) is 50.1 Å². The predicted octanol–water partition coefficient (Wildman–Crippen LogP) is 7.60. The lowest BCUT2D eigenvalue weighted by Gasteiger charge is -1.83. The molecule has 0 aliphatic heterocycles. The second-order valence-corrected chi connectivity index (χ2v) is 1.69. The van der Waals surface area contributed by atoms with Gasteiger partial charge in [-0.05, 0) is 6.42 Å². The topological polar surface area (TPSA) is 0 Å². The Balaban J connectivity index is -0.0000000264. The fourth-order valence-electron chi connectivity index (χ4n) is 0.144. The first-order valence-electron chi connectivity index (χ1n) is 7.26. The van der Waals surface area contributed by atoms with Gasteiger partial charge < -0.3 is 0 Å². The van der Waals surface area contributed by atoms with Gasteiger partial charge in [0.15, 0.2) is 0 Å². The second-order valence-electron chi connectivity index (χ2n) is 1.69. The van der Waals surface area contributed by atoms with Crippen LogP contribution >= 0.6 is 0 Å².